The van der Waals surface area contributed by atoms with Crippen molar-refractivity contribution in [1.29, 1.82) is 0 Å². The summed E-state index contributed by atoms with van der Waals surface area (Å²) in [5, 5.41) is 0.533. The van der Waals surface area contributed by atoms with Gasteiger partial charge in [0.2, 0.25) is 0 Å². The van der Waals surface area contributed by atoms with Gasteiger partial charge >= 0.3 is 0 Å². The zero-order valence-electron chi connectivity index (χ0n) is 17.4. The Morgan fingerprint density at radius 3 is 2.59 bits per heavy atom. The van der Waals surface area contributed by atoms with Crippen molar-refractivity contribution in [3.05, 3.63) is 64.4 Å². The molecule has 32 heavy (non-hydrogen) atoms. The summed E-state index contributed by atoms with van der Waals surface area (Å²) < 4.78 is 5.98. The smallest absolute Gasteiger partial charge is 0.273 e. The number of aromatic nitrogens is 4. The fourth-order valence-electron chi connectivity index (χ4n) is 4.30. The largest absolute Gasteiger partial charge is 0.491 e. The highest BCUT2D eigenvalue weighted by Gasteiger charge is 2.47. The lowest BCUT2D eigenvalue weighted by molar-refractivity contribution is 0.0507. The first-order valence-electron chi connectivity index (χ1n) is 10.5. The fraction of sp³-hybridized carbons (Fsp3) is 0.348. The van der Waals surface area contributed by atoms with E-state index in [9.17, 15) is 4.79 Å². The van der Waals surface area contributed by atoms with Crippen LogP contribution in [-0.4, -0.2) is 49.9 Å². The molecule has 7 nitrogen and oxygen atoms in total. The summed E-state index contributed by atoms with van der Waals surface area (Å²) in [4.78, 5) is 32.8. The molecule has 3 atom stereocenters. The summed E-state index contributed by atoms with van der Waals surface area (Å²) in [6.45, 7) is 2.91. The number of rotatable bonds is 5. The molecule has 9 heteroatoms. The van der Waals surface area contributed by atoms with Crippen molar-refractivity contribution in [2.45, 2.75) is 25.8 Å². The number of carbonyl (C=O) groups excluding carboxylic acids is 1. The Morgan fingerprint density at radius 1 is 1.09 bits per heavy atom. The highest BCUT2D eigenvalue weighted by molar-refractivity contribution is 6.32. The Hall–Kier alpha value is -2.77. The molecular weight excluding hydrogens is 449 g/mol. The van der Waals surface area contributed by atoms with Crippen molar-refractivity contribution in [2.24, 2.45) is 11.8 Å². The first-order valence-corrected chi connectivity index (χ1v) is 11.3. The fourth-order valence-corrected chi connectivity index (χ4v) is 4.74. The van der Waals surface area contributed by atoms with Gasteiger partial charge in [0.25, 0.3) is 5.91 Å². The van der Waals surface area contributed by atoms with Gasteiger partial charge in [-0.05, 0) is 49.8 Å². The summed E-state index contributed by atoms with van der Waals surface area (Å²) in [6, 6.07) is 8.64. The number of nitrogens with zero attached hydrogens (tertiary/aromatic N) is 5. The molecule has 0 aromatic carbocycles. The molecular formula is C23H21Cl2N5O2. The van der Waals surface area contributed by atoms with E-state index in [2.05, 4.69) is 19.9 Å². The van der Waals surface area contributed by atoms with E-state index in [4.69, 9.17) is 27.9 Å². The van der Waals surface area contributed by atoms with Gasteiger partial charge in [0.15, 0.2) is 5.82 Å². The summed E-state index contributed by atoms with van der Waals surface area (Å²) in [7, 11) is 0. The van der Waals surface area contributed by atoms with Gasteiger partial charge in [-0.3, -0.25) is 4.79 Å². The molecule has 3 aromatic heterocycles. The van der Waals surface area contributed by atoms with E-state index < -0.39 is 0 Å². The zero-order chi connectivity index (χ0) is 22.2. The molecule has 1 aliphatic heterocycles. The maximum atomic E-state index is 13.7. The molecule has 1 unspecified atom stereocenters. The van der Waals surface area contributed by atoms with Crippen LogP contribution >= 0.6 is 23.2 Å². The number of carbonyl (C=O) groups is 1. The van der Waals surface area contributed by atoms with Crippen LogP contribution in [0.2, 0.25) is 10.3 Å². The third kappa shape index (κ3) is 4.40. The van der Waals surface area contributed by atoms with Crippen LogP contribution in [0.5, 0.6) is 5.75 Å². The maximum absolute atomic E-state index is 13.7. The summed E-state index contributed by atoms with van der Waals surface area (Å²) in [5.74, 6) is 2.08. The SMILES string of the molecule is Cc1ccc(-c2ncccn2)c(C(=O)N2C[C@@H]3C[C@@H]3CC2COc2cc(Cl)nc(Cl)c2)n1. The van der Waals surface area contributed by atoms with Crippen LogP contribution in [0.15, 0.2) is 42.7 Å². The Labute approximate surface area is 195 Å². The second kappa shape index (κ2) is 8.64. The average Bonchev–Trinajstić information content (AvgIpc) is 3.55. The van der Waals surface area contributed by atoms with Crippen LogP contribution in [-0.2, 0) is 0 Å². The van der Waals surface area contributed by atoms with Gasteiger partial charge in [0.05, 0.1) is 11.6 Å². The lowest BCUT2D eigenvalue weighted by atomic mass is 10.0. The number of hydrogen-bond donors (Lipinski definition) is 0. The van der Waals surface area contributed by atoms with Crippen LogP contribution in [0.25, 0.3) is 11.4 Å². The van der Waals surface area contributed by atoms with Crippen molar-refractivity contribution >= 4 is 29.1 Å². The predicted molar refractivity (Wildman–Crippen MR) is 121 cm³/mol. The topological polar surface area (TPSA) is 81.1 Å². The molecule has 5 rings (SSSR count). The predicted octanol–water partition coefficient (Wildman–Crippen LogP) is 4.48. The molecule has 2 fully saturated rings. The number of likely N-dealkylation sites (tertiary alicyclic amines) is 1. The normalized spacial score (nSPS) is 21.7. The van der Waals surface area contributed by atoms with Crippen molar-refractivity contribution < 1.29 is 9.53 Å². The first-order chi connectivity index (χ1) is 15.5. The molecule has 0 N–H and O–H groups in total. The van der Waals surface area contributed by atoms with Gasteiger partial charge in [-0.25, -0.2) is 19.9 Å². The lowest BCUT2D eigenvalue weighted by Crippen LogP contribution is -2.48. The summed E-state index contributed by atoms with van der Waals surface area (Å²) >= 11 is 12.0. The third-order valence-corrected chi connectivity index (χ3v) is 6.39. The second-order valence-electron chi connectivity index (χ2n) is 8.28. The molecule has 1 aliphatic carbocycles. The standard InChI is InChI=1S/C23H21Cl2N5O2/c1-13-3-4-18(22-26-5-2-6-27-22)21(28-13)23(31)30-11-15-7-14(15)8-16(30)12-32-17-9-19(24)29-20(25)10-17/h2-6,9-10,14-16H,7-8,11-12H2,1H3/t14-,15+,16?/m1/s1. The van der Waals surface area contributed by atoms with E-state index in [1.54, 1.807) is 30.6 Å². The van der Waals surface area contributed by atoms with Gasteiger partial charge in [-0.15, -0.1) is 0 Å². The minimum atomic E-state index is -0.124. The van der Waals surface area contributed by atoms with Crippen LogP contribution in [0.3, 0.4) is 0 Å². The second-order valence-corrected chi connectivity index (χ2v) is 9.06. The Morgan fingerprint density at radius 2 is 1.84 bits per heavy atom. The minimum Gasteiger partial charge on any atom is -0.491 e. The Kier molecular flexibility index (Phi) is 5.69. The quantitative estimate of drug-likeness (QED) is 0.512. The Balaban J connectivity index is 1.42. The highest BCUT2D eigenvalue weighted by Crippen LogP contribution is 2.47. The number of aryl methyl sites for hydroxylation is 1. The maximum Gasteiger partial charge on any atom is 0.273 e. The summed E-state index contributed by atoms with van der Waals surface area (Å²) in [6.07, 6.45) is 5.36. The van der Waals surface area contributed by atoms with E-state index >= 15 is 0 Å². The van der Waals surface area contributed by atoms with Gasteiger partial charge in [-0.2, -0.15) is 0 Å². The van der Waals surface area contributed by atoms with Gasteiger partial charge in [0.1, 0.15) is 28.4 Å². The summed E-state index contributed by atoms with van der Waals surface area (Å²) in [5.41, 5.74) is 1.77. The van der Waals surface area contributed by atoms with E-state index in [0.717, 1.165) is 18.5 Å². The van der Waals surface area contributed by atoms with Crippen molar-refractivity contribution in [3.8, 4) is 17.1 Å². The number of pyridine rings is 2. The molecule has 1 amide bonds. The van der Waals surface area contributed by atoms with Crippen molar-refractivity contribution in [1.82, 2.24) is 24.8 Å². The van der Waals surface area contributed by atoms with Crippen molar-refractivity contribution in [3.63, 3.8) is 0 Å². The van der Waals surface area contributed by atoms with E-state index in [1.807, 2.05) is 24.0 Å². The van der Waals surface area contributed by atoms with Crippen LogP contribution in [0, 0.1) is 18.8 Å². The highest BCUT2D eigenvalue weighted by atomic mass is 35.5. The molecule has 2 aliphatic rings. The van der Waals surface area contributed by atoms with Crippen molar-refractivity contribution in [2.75, 3.05) is 13.2 Å². The van der Waals surface area contributed by atoms with Crippen LogP contribution in [0.4, 0.5) is 0 Å². The van der Waals surface area contributed by atoms with E-state index in [1.165, 1.54) is 0 Å². The number of halogens is 2. The molecule has 0 radical (unpaired) electrons. The number of amides is 1. The van der Waals surface area contributed by atoms with E-state index in [0.29, 0.717) is 47.8 Å². The molecule has 1 saturated heterocycles. The molecule has 0 bridgehead atoms. The first kappa shape index (κ1) is 21.1. The van der Waals surface area contributed by atoms with Gasteiger partial charge in [0, 0.05) is 36.8 Å². The monoisotopic (exact) mass is 469 g/mol. The lowest BCUT2D eigenvalue weighted by Gasteiger charge is -2.35. The molecule has 1 saturated carbocycles. The van der Waals surface area contributed by atoms with Crippen LogP contribution < -0.4 is 4.74 Å². The minimum absolute atomic E-state index is 0.0798. The van der Waals surface area contributed by atoms with Crippen LogP contribution in [0.1, 0.15) is 29.0 Å². The zero-order valence-corrected chi connectivity index (χ0v) is 18.9. The Bertz CT molecular complexity index is 1140. The molecule has 3 aromatic rings. The van der Waals surface area contributed by atoms with Gasteiger partial charge in [-0.1, -0.05) is 23.2 Å². The van der Waals surface area contributed by atoms with E-state index in [-0.39, 0.29) is 22.3 Å². The number of ether oxygens (including phenoxy) is 1. The number of fused-ring (bicyclic) bond motifs is 1. The average molecular weight is 470 g/mol. The number of hydrogen-bond acceptors (Lipinski definition) is 6. The molecule has 0 spiro atoms. The molecule has 164 valence electrons. The number of piperidine rings is 1. The third-order valence-electron chi connectivity index (χ3n) is 6.00. The molecule has 4 heterocycles. The van der Waals surface area contributed by atoms with Gasteiger partial charge < -0.3 is 9.64 Å².